The normalized spacial score (nSPS) is 31.5. The van der Waals surface area contributed by atoms with Crippen LogP contribution in [0.4, 0.5) is 5.69 Å². The van der Waals surface area contributed by atoms with E-state index in [1.165, 1.54) is 42.5 Å². The first-order chi connectivity index (χ1) is 16.8. The van der Waals surface area contributed by atoms with Gasteiger partial charge in [0, 0.05) is 49.2 Å². The molecule has 188 valence electrons. The van der Waals surface area contributed by atoms with Gasteiger partial charge in [0.15, 0.2) is 0 Å². The number of nitrogens with one attached hydrogen (secondary N) is 2. The number of fused-ring (bicyclic) bond motifs is 3. The minimum Gasteiger partial charge on any atom is -0.370 e. The molecule has 2 unspecified atom stereocenters. The molecule has 4 nitrogen and oxygen atoms in total. The van der Waals surface area contributed by atoms with Crippen LogP contribution in [0.15, 0.2) is 54.6 Å². The third-order valence-electron chi connectivity index (χ3n) is 9.80. The summed E-state index contributed by atoms with van der Waals surface area (Å²) >= 11 is 0. The summed E-state index contributed by atoms with van der Waals surface area (Å²) in [5.41, 5.74) is 4.50. The van der Waals surface area contributed by atoms with Gasteiger partial charge in [-0.1, -0.05) is 69.3 Å². The van der Waals surface area contributed by atoms with Gasteiger partial charge in [-0.25, -0.2) is 0 Å². The molecule has 3 atom stereocenters. The van der Waals surface area contributed by atoms with Crippen molar-refractivity contribution in [2.75, 3.05) is 18.5 Å². The molecule has 0 aromatic heterocycles. The quantitative estimate of drug-likeness (QED) is 0.559. The summed E-state index contributed by atoms with van der Waals surface area (Å²) in [6.45, 7) is 7.99. The molecule has 1 heterocycles. The monoisotopic (exact) mass is 473 g/mol. The van der Waals surface area contributed by atoms with Gasteiger partial charge in [-0.05, 0) is 67.1 Å². The lowest BCUT2D eigenvalue weighted by atomic mass is 9.54. The van der Waals surface area contributed by atoms with Gasteiger partial charge in [-0.3, -0.25) is 4.79 Å². The maximum Gasteiger partial charge on any atom is 0.221 e. The minimum atomic E-state index is 0.0969. The third-order valence-corrected chi connectivity index (χ3v) is 9.80. The summed E-state index contributed by atoms with van der Waals surface area (Å²) in [6.07, 6.45) is 7.46. The summed E-state index contributed by atoms with van der Waals surface area (Å²) in [4.78, 5) is 15.4. The first-order valence-electron chi connectivity index (χ1n) is 13.7. The number of carbonyl (C=O) groups excluding carboxylic acids is 1. The van der Waals surface area contributed by atoms with Crippen molar-refractivity contribution in [1.82, 2.24) is 10.6 Å². The highest BCUT2D eigenvalue weighted by Crippen LogP contribution is 2.59. The Bertz CT molecular complexity index is 1030. The molecule has 0 bridgehead atoms. The molecular formula is C31H43N3O. The first kappa shape index (κ1) is 24.4. The fourth-order valence-corrected chi connectivity index (χ4v) is 7.50. The van der Waals surface area contributed by atoms with Crippen molar-refractivity contribution >= 4 is 11.6 Å². The maximum absolute atomic E-state index is 12.9. The van der Waals surface area contributed by atoms with E-state index in [-0.39, 0.29) is 22.8 Å². The summed E-state index contributed by atoms with van der Waals surface area (Å²) < 4.78 is 0. The predicted octanol–water partition coefficient (Wildman–Crippen LogP) is 5.77. The van der Waals surface area contributed by atoms with E-state index in [2.05, 4.69) is 97.9 Å². The molecule has 0 radical (unpaired) electrons. The van der Waals surface area contributed by atoms with Crippen molar-refractivity contribution in [3.63, 3.8) is 0 Å². The molecular weight excluding hydrogens is 430 g/mol. The predicted molar refractivity (Wildman–Crippen MR) is 145 cm³/mol. The molecule has 35 heavy (non-hydrogen) atoms. The highest BCUT2D eigenvalue weighted by Gasteiger charge is 2.58. The Morgan fingerprint density at radius 3 is 2.37 bits per heavy atom. The molecule has 4 heteroatoms. The number of rotatable bonds is 6. The lowest BCUT2D eigenvalue weighted by Crippen LogP contribution is -2.59. The van der Waals surface area contributed by atoms with E-state index >= 15 is 0 Å². The van der Waals surface area contributed by atoms with Crippen LogP contribution in [-0.4, -0.2) is 37.6 Å². The van der Waals surface area contributed by atoms with Gasteiger partial charge in [0.25, 0.3) is 0 Å². The molecule has 2 aromatic carbocycles. The summed E-state index contributed by atoms with van der Waals surface area (Å²) in [5.74, 6) is 0.885. The van der Waals surface area contributed by atoms with E-state index in [9.17, 15) is 4.79 Å². The van der Waals surface area contributed by atoms with Crippen molar-refractivity contribution < 1.29 is 4.79 Å². The second-order valence-electron chi connectivity index (χ2n) is 12.1. The van der Waals surface area contributed by atoms with Crippen molar-refractivity contribution in [3.8, 4) is 0 Å². The number of amides is 1. The van der Waals surface area contributed by atoms with E-state index in [4.69, 9.17) is 0 Å². The number of anilines is 1. The lowest BCUT2D eigenvalue weighted by molar-refractivity contribution is -0.122. The zero-order valence-electron chi connectivity index (χ0n) is 22.0. The maximum atomic E-state index is 12.9. The smallest absolute Gasteiger partial charge is 0.221 e. The largest absolute Gasteiger partial charge is 0.370 e. The highest BCUT2D eigenvalue weighted by atomic mass is 16.1. The van der Waals surface area contributed by atoms with E-state index in [1.54, 1.807) is 0 Å². The van der Waals surface area contributed by atoms with Gasteiger partial charge in [-0.15, -0.1) is 0 Å². The molecule has 5 rings (SSSR count). The third kappa shape index (κ3) is 4.50. The number of para-hydroxylation sites is 1. The van der Waals surface area contributed by atoms with Crippen LogP contribution >= 0.6 is 0 Å². The van der Waals surface area contributed by atoms with Gasteiger partial charge in [0.1, 0.15) is 0 Å². The number of hydrogen-bond acceptors (Lipinski definition) is 3. The minimum absolute atomic E-state index is 0.0969. The fourth-order valence-electron chi connectivity index (χ4n) is 7.50. The second-order valence-corrected chi connectivity index (χ2v) is 12.1. The summed E-state index contributed by atoms with van der Waals surface area (Å²) in [6, 6.07) is 21.0. The number of carbonyl (C=O) groups is 1. The van der Waals surface area contributed by atoms with Crippen LogP contribution in [-0.2, 0) is 10.2 Å². The van der Waals surface area contributed by atoms with Crippen molar-refractivity contribution in [3.05, 3.63) is 65.7 Å². The van der Waals surface area contributed by atoms with Crippen LogP contribution in [0.1, 0.15) is 82.8 Å². The lowest BCUT2D eigenvalue weighted by Gasteiger charge is -2.53. The van der Waals surface area contributed by atoms with Gasteiger partial charge in [0.2, 0.25) is 5.91 Å². The van der Waals surface area contributed by atoms with Crippen molar-refractivity contribution in [1.29, 1.82) is 0 Å². The average Bonchev–Trinajstić information content (AvgIpc) is 3.08. The van der Waals surface area contributed by atoms with Crippen LogP contribution in [0.5, 0.6) is 0 Å². The first-order valence-corrected chi connectivity index (χ1v) is 13.7. The number of likely N-dealkylation sites (N-methyl/N-ethyl adjacent to an activating group) is 1. The van der Waals surface area contributed by atoms with E-state index < -0.39 is 0 Å². The number of benzene rings is 2. The Morgan fingerprint density at radius 2 is 1.63 bits per heavy atom. The summed E-state index contributed by atoms with van der Waals surface area (Å²) in [7, 11) is 2.23. The van der Waals surface area contributed by atoms with Crippen LogP contribution in [0, 0.1) is 5.41 Å². The van der Waals surface area contributed by atoms with E-state index in [0.717, 1.165) is 19.4 Å². The zero-order valence-corrected chi connectivity index (χ0v) is 22.0. The van der Waals surface area contributed by atoms with Gasteiger partial charge in [0.05, 0.1) is 0 Å². The zero-order chi connectivity index (χ0) is 24.6. The van der Waals surface area contributed by atoms with Gasteiger partial charge < -0.3 is 15.5 Å². The van der Waals surface area contributed by atoms with Gasteiger partial charge >= 0.3 is 0 Å². The van der Waals surface area contributed by atoms with Crippen molar-refractivity contribution in [2.24, 2.45) is 5.41 Å². The molecule has 2 fully saturated rings. The van der Waals surface area contributed by atoms with E-state index in [0.29, 0.717) is 24.4 Å². The SMILES string of the molecule is CN1c2ccccc2C2(C)C1C[C@H](NC(=O)CCNC1CCC(c3ccccc3)CC1)CC2(C)C. The topological polar surface area (TPSA) is 44.4 Å². The van der Waals surface area contributed by atoms with Crippen LogP contribution in [0.3, 0.4) is 0 Å². The molecule has 1 aliphatic heterocycles. The summed E-state index contributed by atoms with van der Waals surface area (Å²) in [5, 5.41) is 7.08. The molecule has 0 spiro atoms. The van der Waals surface area contributed by atoms with Crippen molar-refractivity contribution in [2.45, 2.75) is 95.2 Å². The Balaban J connectivity index is 1.10. The second kappa shape index (κ2) is 9.61. The standard InChI is InChI=1S/C31H43N3O/c1-30(2)21-25(20-28-31(30,3)26-12-8-9-13-27(26)34(28)4)33-29(35)18-19-32-24-16-14-23(15-17-24)22-10-6-5-7-11-22/h5-13,23-25,28,32H,14-21H2,1-4H3,(H,33,35)/t23?,24?,25-,28?,31?/m0/s1. The Morgan fingerprint density at radius 1 is 0.943 bits per heavy atom. The molecule has 2 aromatic rings. The molecule has 0 saturated heterocycles. The average molecular weight is 474 g/mol. The van der Waals surface area contributed by atoms with Crippen LogP contribution in [0.2, 0.25) is 0 Å². The fraction of sp³-hybridized carbons (Fsp3) is 0.581. The van der Waals surface area contributed by atoms with E-state index in [1.807, 2.05) is 0 Å². The Kier molecular flexibility index (Phi) is 6.69. The molecule has 2 N–H and O–H groups in total. The number of nitrogens with zero attached hydrogens (tertiary/aromatic N) is 1. The molecule has 3 aliphatic rings. The van der Waals surface area contributed by atoms with Crippen LogP contribution in [0.25, 0.3) is 0 Å². The molecule has 2 aliphatic carbocycles. The molecule has 2 saturated carbocycles. The number of hydrogen-bond donors (Lipinski definition) is 2. The molecule has 1 amide bonds. The van der Waals surface area contributed by atoms with Crippen LogP contribution < -0.4 is 15.5 Å². The Labute approximate surface area is 211 Å². The highest BCUT2D eigenvalue weighted by molar-refractivity contribution is 5.76. The Hall–Kier alpha value is -2.33. The van der Waals surface area contributed by atoms with Gasteiger partial charge in [-0.2, -0.15) is 0 Å².